The number of nitrogens with two attached hydrogens (primary N) is 1. The first-order valence-electron chi connectivity index (χ1n) is 4.73. The highest BCUT2D eigenvalue weighted by molar-refractivity contribution is 7.98. The number of benzene rings is 1. The van der Waals surface area contributed by atoms with Crippen LogP contribution in [0.2, 0.25) is 0 Å². The van der Waals surface area contributed by atoms with Gasteiger partial charge in [0, 0.05) is 29.4 Å². The highest BCUT2D eigenvalue weighted by Crippen LogP contribution is 2.26. The molecule has 0 aliphatic heterocycles. The van der Waals surface area contributed by atoms with Crippen LogP contribution in [-0.4, -0.2) is 15.1 Å². The SMILES string of the molecule is Nc1ccc(O)c(CSc2ncccn2)c1. The van der Waals surface area contributed by atoms with E-state index in [0.717, 1.165) is 5.56 Å². The zero-order valence-corrected chi connectivity index (χ0v) is 9.31. The Balaban J connectivity index is 2.08. The lowest BCUT2D eigenvalue weighted by Gasteiger charge is -2.04. The van der Waals surface area contributed by atoms with Crippen LogP contribution in [0.15, 0.2) is 41.8 Å². The molecule has 0 saturated carbocycles. The second kappa shape index (κ2) is 4.85. The summed E-state index contributed by atoms with van der Waals surface area (Å²) in [5.74, 6) is 0.846. The summed E-state index contributed by atoms with van der Waals surface area (Å²) in [6, 6.07) is 6.78. The maximum atomic E-state index is 9.60. The number of hydrogen-bond acceptors (Lipinski definition) is 5. The molecular formula is C11H11N3OS. The van der Waals surface area contributed by atoms with Crippen LogP contribution in [0.25, 0.3) is 0 Å². The molecule has 5 heteroatoms. The number of nitrogen functional groups attached to an aromatic ring is 1. The lowest BCUT2D eigenvalue weighted by molar-refractivity contribution is 0.471. The van der Waals surface area contributed by atoms with E-state index in [-0.39, 0.29) is 5.75 Å². The molecule has 0 fully saturated rings. The van der Waals surface area contributed by atoms with E-state index < -0.39 is 0 Å². The van der Waals surface area contributed by atoms with E-state index in [9.17, 15) is 5.11 Å². The molecule has 2 aromatic rings. The summed E-state index contributed by atoms with van der Waals surface area (Å²) >= 11 is 1.46. The molecule has 1 heterocycles. The smallest absolute Gasteiger partial charge is 0.187 e. The molecule has 0 unspecified atom stereocenters. The van der Waals surface area contributed by atoms with E-state index in [1.54, 1.807) is 36.7 Å². The highest BCUT2D eigenvalue weighted by atomic mass is 32.2. The standard InChI is InChI=1S/C11H11N3OS/c12-9-2-3-10(15)8(6-9)7-16-11-13-4-1-5-14-11/h1-6,15H,7,12H2. The fraction of sp³-hybridized carbons (Fsp3) is 0.0909. The van der Waals surface area contributed by atoms with Gasteiger partial charge in [0.05, 0.1) is 0 Å². The van der Waals surface area contributed by atoms with Gasteiger partial charge < -0.3 is 10.8 Å². The second-order valence-electron chi connectivity index (χ2n) is 3.21. The number of aromatic hydroxyl groups is 1. The van der Waals surface area contributed by atoms with Crippen molar-refractivity contribution in [2.45, 2.75) is 10.9 Å². The molecule has 0 radical (unpaired) electrons. The third-order valence-corrected chi connectivity index (χ3v) is 2.93. The predicted molar refractivity (Wildman–Crippen MR) is 64.1 cm³/mol. The van der Waals surface area contributed by atoms with Gasteiger partial charge in [0.1, 0.15) is 5.75 Å². The van der Waals surface area contributed by atoms with Crippen LogP contribution >= 0.6 is 11.8 Å². The van der Waals surface area contributed by atoms with Gasteiger partial charge in [-0.15, -0.1) is 0 Å². The molecule has 0 amide bonds. The van der Waals surface area contributed by atoms with Gasteiger partial charge in [0.25, 0.3) is 0 Å². The molecule has 0 saturated heterocycles. The van der Waals surface area contributed by atoms with Gasteiger partial charge in [-0.2, -0.15) is 0 Å². The normalized spacial score (nSPS) is 10.2. The summed E-state index contributed by atoms with van der Waals surface area (Å²) < 4.78 is 0. The Morgan fingerprint density at radius 2 is 2.00 bits per heavy atom. The minimum Gasteiger partial charge on any atom is -0.508 e. The maximum Gasteiger partial charge on any atom is 0.187 e. The van der Waals surface area contributed by atoms with Crippen molar-refractivity contribution < 1.29 is 5.11 Å². The Labute approximate surface area is 97.5 Å². The van der Waals surface area contributed by atoms with Crippen molar-refractivity contribution in [1.29, 1.82) is 0 Å². The van der Waals surface area contributed by atoms with Crippen molar-refractivity contribution in [2.75, 3.05) is 5.73 Å². The maximum absolute atomic E-state index is 9.60. The zero-order chi connectivity index (χ0) is 11.4. The van der Waals surface area contributed by atoms with Crippen LogP contribution in [-0.2, 0) is 5.75 Å². The number of aromatic nitrogens is 2. The molecule has 0 aliphatic rings. The summed E-state index contributed by atoms with van der Waals surface area (Å²) in [7, 11) is 0. The predicted octanol–water partition coefficient (Wildman–Crippen LogP) is 2.06. The van der Waals surface area contributed by atoms with Gasteiger partial charge in [0.2, 0.25) is 0 Å². The molecule has 16 heavy (non-hydrogen) atoms. The Bertz CT molecular complexity index is 476. The van der Waals surface area contributed by atoms with E-state index >= 15 is 0 Å². The second-order valence-corrected chi connectivity index (χ2v) is 4.15. The fourth-order valence-electron chi connectivity index (χ4n) is 1.22. The molecule has 1 aromatic heterocycles. The lowest BCUT2D eigenvalue weighted by atomic mass is 10.2. The van der Waals surface area contributed by atoms with Gasteiger partial charge in [0.15, 0.2) is 5.16 Å². The lowest BCUT2D eigenvalue weighted by Crippen LogP contribution is -1.89. The number of nitrogens with zero attached hydrogens (tertiary/aromatic N) is 2. The molecule has 0 bridgehead atoms. The first kappa shape index (κ1) is 10.8. The van der Waals surface area contributed by atoms with Crippen molar-refractivity contribution in [3.63, 3.8) is 0 Å². The van der Waals surface area contributed by atoms with Gasteiger partial charge in [-0.05, 0) is 24.3 Å². The molecule has 4 nitrogen and oxygen atoms in total. The largest absolute Gasteiger partial charge is 0.508 e. The van der Waals surface area contributed by atoms with Gasteiger partial charge in [-0.1, -0.05) is 11.8 Å². The Morgan fingerprint density at radius 3 is 2.75 bits per heavy atom. The number of thioether (sulfide) groups is 1. The molecule has 3 N–H and O–H groups in total. The number of hydrogen-bond donors (Lipinski definition) is 2. The molecular weight excluding hydrogens is 222 g/mol. The molecule has 82 valence electrons. The van der Waals surface area contributed by atoms with E-state index in [2.05, 4.69) is 9.97 Å². The van der Waals surface area contributed by atoms with E-state index in [4.69, 9.17) is 5.73 Å². The Hall–Kier alpha value is -1.75. The van der Waals surface area contributed by atoms with Gasteiger partial charge in [-0.3, -0.25) is 0 Å². The average Bonchev–Trinajstić information content (AvgIpc) is 2.32. The van der Waals surface area contributed by atoms with Crippen molar-refractivity contribution in [1.82, 2.24) is 9.97 Å². The van der Waals surface area contributed by atoms with Gasteiger partial charge in [-0.25, -0.2) is 9.97 Å². The molecule has 1 aromatic carbocycles. The van der Waals surface area contributed by atoms with Crippen molar-refractivity contribution in [3.8, 4) is 5.75 Å². The Kier molecular flexibility index (Phi) is 3.26. The van der Waals surface area contributed by atoms with Crippen LogP contribution in [0.1, 0.15) is 5.56 Å². The van der Waals surface area contributed by atoms with Crippen LogP contribution in [0.4, 0.5) is 5.69 Å². The van der Waals surface area contributed by atoms with Crippen LogP contribution in [0, 0.1) is 0 Å². The number of phenols is 1. The Morgan fingerprint density at radius 1 is 1.25 bits per heavy atom. The summed E-state index contributed by atoms with van der Waals surface area (Å²) in [4.78, 5) is 8.17. The summed E-state index contributed by atoms with van der Waals surface area (Å²) in [5, 5.41) is 10.3. The molecule has 2 rings (SSSR count). The number of rotatable bonds is 3. The third-order valence-electron chi connectivity index (χ3n) is 2.00. The number of phenolic OH excluding ortho intramolecular Hbond substituents is 1. The molecule has 0 spiro atoms. The van der Waals surface area contributed by atoms with Crippen LogP contribution in [0.5, 0.6) is 5.75 Å². The minimum atomic E-state index is 0.248. The quantitative estimate of drug-likeness (QED) is 0.367. The van der Waals surface area contributed by atoms with Crippen LogP contribution in [0.3, 0.4) is 0 Å². The summed E-state index contributed by atoms with van der Waals surface area (Å²) in [5.41, 5.74) is 7.08. The van der Waals surface area contributed by atoms with E-state index in [1.807, 2.05) is 0 Å². The van der Waals surface area contributed by atoms with Gasteiger partial charge >= 0.3 is 0 Å². The average molecular weight is 233 g/mol. The van der Waals surface area contributed by atoms with Crippen molar-refractivity contribution in [3.05, 3.63) is 42.2 Å². The van der Waals surface area contributed by atoms with E-state index in [1.165, 1.54) is 11.8 Å². The first-order chi connectivity index (χ1) is 7.75. The molecule has 0 aliphatic carbocycles. The minimum absolute atomic E-state index is 0.248. The third kappa shape index (κ3) is 2.64. The first-order valence-corrected chi connectivity index (χ1v) is 5.71. The van der Waals surface area contributed by atoms with E-state index in [0.29, 0.717) is 16.6 Å². The summed E-state index contributed by atoms with van der Waals surface area (Å²) in [6.07, 6.45) is 3.38. The van der Waals surface area contributed by atoms with Crippen molar-refractivity contribution in [2.24, 2.45) is 0 Å². The monoisotopic (exact) mass is 233 g/mol. The number of anilines is 1. The fourth-order valence-corrected chi connectivity index (χ4v) is 2.01. The van der Waals surface area contributed by atoms with Crippen molar-refractivity contribution >= 4 is 17.4 Å². The van der Waals surface area contributed by atoms with Crippen LogP contribution < -0.4 is 5.73 Å². The summed E-state index contributed by atoms with van der Waals surface area (Å²) in [6.45, 7) is 0. The topological polar surface area (TPSA) is 72.0 Å². The highest BCUT2D eigenvalue weighted by Gasteiger charge is 2.03. The molecule has 0 atom stereocenters. The zero-order valence-electron chi connectivity index (χ0n) is 8.50.